The maximum absolute atomic E-state index is 15.4. The fourth-order valence-corrected chi connectivity index (χ4v) is 5.13. The van der Waals surface area contributed by atoms with Crippen LogP contribution in [0.15, 0.2) is 54.9 Å². The minimum Gasteiger partial charge on any atom is -0.491 e. The van der Waals surface area contributed by atoms with Gasteiger partial charge < -0.3 is 14.5 Å². The maximum atomic E-state index is 15.4. The van der Waals surface area contributed by atoms with E-state index >= 15 is 4.39 Å². The van der Waals surface area contributed by atoms with Crippen LogP contribution >= 0.6 is 0 Å². The van der Waals surface area contributed by atoms with E-state index in [9.17, 15) is 17.6 Å². The molecule has 0 radical (unpaired) electrons. The molecule has 0 amide bonds. The van der Waals surface area contributed by atoms with Crippen molar-refractivity contribution in [2.24, 2.45) is 5.14 Å². The lowest BCUT2D eigenvalue weighted by Gasteiger charge is -2.16. The van der Waals surface area contributed by atoms with Gasteiger partial charge in [-0.1, -0.05) is 25.1 Å². The smallest absolute Gasteiger partial charge is 0.216 e. The number of fused-ring (bicyclic) bond motifs is 1. The van der Waals surface area contributed by atoms with Crippen LogP contribution in [0.2, 0.25) is 0 Å². The van der Waals surface area contributed by atoms with Crippen LogP contribution in [0.4, 0.5) is 8.78 Å². The van der Waals surface area contributed by atoms with E-state index in [1.807, 2.05) is 12.1 Å². The monoisotopic (exact) mass is 529 g/mol. The van der Waals surface area contributed by atoms with Crippen molar-refractivity contribution in [3.05, 3.63) is 83.2 Å². The number of hydrogen-bond acceptors (Lipinski definition) is 6. The van der Waals surface area contributed by atoms with Gasteiger partial charge in [-0.3, -0.25) is 4.79 Å². The van der Waals surface area contributed by atoms with Crippen LogP contribution in [-0.2, 0) is 14.8 Å². The molecule has 0 aliphatic rings. The molecule has 0 aliphatic carbocycles. The molecule has 4 rings (SSSR count). The molecule has 11 heteroatoms. The summed E-state index contributed by atoms with van der Waals surface area (Å²) in [6.07, 6.45) is 2.87. The number of nitrogens with one attached hydrogen (secondary N) is 1. The van der Waals surface area contributed by atoms with E-state index in [2.05, 4.69) is 9.97 Å². The third-order valence-electron chi connectivity index (χ3n) is 5.98. The number of hydrogen-bond donors (Lipinski definition) is 2. The number of nitrogens with zero attached hydrogens (tertiary/aromatic N) is 1. The predicted octanol–water partition coefficient (Wildman–Crippen LogP) is 4.50. The Labute approximate surface area is 212 Å². The number of pyridine rings is 1. The number of rotatable bonds is 10. The third kappa shape index (κ3) is 5.38. The highest BCUT2D eigenvalue weighted by molar-refractivity contribution is 7.89. The number of ether oxygens (including phenoxy) is 2. The number of ketones is 1. The lowest BCUT2D eigenvalue weighted by atomic mass is 9.97. The quantitative estimate of drug-likeness (QED) is 0.230. The summed E-state index contributed by atoms with van der Waals surface area (Å²) in [6.45, 7) is 2.37. The van der Waals surface area contributed by atoms with Crippen molar-refractivity contribution in [3.63, 3.8) is 0 Å². The topological polar surface area (TPSA) is 124 Å². The fourth-order valence-electron chi connectivity index (χ4n) is 4.12. The van der Waals surface area contributed by atoms with E-state index in [1.165, 1.54) is 13.1 Å². The summed E-state index contributed by atoms with van der Waals surface area (Å²) in [6, 6.07) is 10.8. The Balaban J connectivity index is 1.72. The van der Waals surface area contributed by atoms with Gasteiger partial charge in [0.1, 0.15) is 34.9 Å². The first kappa shape index (κ1) is 26.4. The van der Waals surface area contributed by atoms with Crippen LogP contribution < -0.4 is 9.88 Å². The molecule has 37 heavy (non-hydrogen) atoms. The standard InChI is InChI=1S/C26H25F2N3O5S/c1-3-22(37(29,33)34)18-8-9-21(27)23(24(18)28)25(32)20-14-31-26-19(20)12-16(13-30-26)15-4-6-17(7-5-15)36-11-10-35-2/h4-9,12-14,22H,3,10-11H2,1-2H3,(H,30,31)(H2,29,33,34). The largest absolute Gasteiger partial charge is 0.491 e. The zero-order chi connectivity index (χ0) is 26.7. The molecule has 194 valence electrons. The molecular formula is C26H25F2N3O5S. The molecule has 0 fully saturated rings. The van der Waals surface area contributed by atoms with Gasteiger partial charge in [0, 0.05) is 41.6 Å². The van der Waals surface area contributed by atoms with Crippen LogP contribution in [0.3, 0.4) is 0 Å². The molecule has 0 spiro atoms. The van der Waals surface area contributed by atoms with Gasteiger partial charge in [0.05, 0.1) is 12.2 Å². The van der Waals surface area contributed by atoms with E-state index in [4.69, 9.17) is 14.6 Å². The number of carbonyl (C=O) groups excluding carboxylic acids is 1. The molecule has 1 atom stereocenters. The zero-order valence-electron chi connectivity index (χ0n) is 20.1. The zero-order valence-corrected chi connectivity index (χ0v) is 20.9. The highest BCUT2D eigenvalue weighted by Crippen LogP contribution is 2.32. The van der Waals surface area contributed by atoms with Gasteiger partial charge in [-0.25, -0.2) is 27.3 Å². The molecule has 2 heterocycles. The second-order valence-corrected chi connectivity index (χ2v) is 10.1. The molecule has 8 nitrogen and oxygen atoms in total. The third-order valence-corrected chi connectivity index (χ3v) is 7.36. The Morgan fingerprint density at radius 2 is 1.84 bits per heavy atom. The molecule has 3 N–H and O–H groups in total. The van der Waals surface area contributed by atoms with Crippen molar-refractivity contribution in [3.8, 4) is 16.9 Å². The van der Waals surface area contributed by atoms with Gasteiger partial charge in [-0.15, -0.1) is 0 Å². The van der Waals surface area contributed by atoms with Crippen LogP contribution in [-0.4, -0.2) is 44.5 Å². The van der Waals surface area contributed by atoms with Crippen LogP contribution in [0.25, 0.3) is 22.2 Å². The van der Waals surface area contributed by atoms with E-state index in [1.54, 1.807) is 31.5 Å². The summed E-state index contributed by atoms with van der Waals surface area (Å²) in [5.74, 6) is -2.66. The number of benzene rings is 2. The molecule has 2 aromatic carbocycles. The molecule has 0 saturated carbocycles. The van der Waals surface area contributed by atoms with Gasteiger partial charge in [0.25, 0.3) is 0 Å². The van der Waals surface area contributed by atoms with Crippen LogP contribution in [0.5, 0.6) is 5.75 Å². The molecule has 0 bridgehead atoms. The fraction of sp³-hybridized carbons (Fsp3) is 0.231. The van der Waals surface area contributed by atoms with Crippen molar-refractivity contribution in [2.45, 2.75) is 18.6 Å². The first-order valence-corrected chi connectivity index (χ1v) is 13.0. The van der Waals surface area contributed by atoms with E-state index < -0.39 is 38.3 Å². The highest BCUT2D eigenvalue weighted by atomic mass is 32.2. The average Bonchev–Trinajstić information content (AvgIpc) is 3.29. The summed E-state index contributed by atoms with van der Waals surface area (Å²) in [5.41, 5.74) is 0.567. The Hall–Kier alpha value is -3.67. The average molecular weight is 530 g/mol. The number of sulfonamides is 1. The number of methoxy groups -OCH3 is 1. The summed E-state index contributed by atoms with van der Waals surface area (Å²) >= 11 is 0. The van der Waals surface area contributed by atoms with Gasteiger partial charge in [0.15, 0.2) is 0 Å². The summed E-state index contributed by atoms with van der Waals surface area (Å²) in [7, 11) is -2.60. The van der Waals surface area contributed by atoms with Crippen LogP contribution in [0, 0.1) is 11.6 Å². The number of primary sulfonamides is 1. The van der Waals surface area contributed by atoms with Crippen LogP contribution in [0.1, 0.15) is 40.1 Å². The Morgan fingerprint density at radius 1 is 1.11 bits per heavy atom. The maximum Gasteiger partial charge on any atom is 0.216 e. The number of H-pyrrole nitrogens is 1. The summed E-state index contributed by atoms with van der Waals surface area (Å²) < 4.78 is 64.6. The number of nitrogens with two attached hydrogens (primary N) is 1. The summed E-state index contributed by atoms with van der Waals surface area (Å²) in [5, 5.41) is 4.17. The second-order valence-electron chi connectivity index (χ2n) is 8.33. The number of halogens is 2. The molecule has 0 saturated heterocycles. The lowest BCUT2D eigenvalue weighted by Crippen LogP contribution is -2.23. The van der Waals surface area contributed by atoms with Gasteiger partial charge in [-0.2, -0.15) is 0 Å². The molecule has 0 aliphatic heterocycles. The molecule has 1 unspecified atom stereocenters. The van der Waals surface area contributed by atoms with Crippen molar-refractivity contribution in [2.75, 3.05) is 20.3 Å². The Morgan fingerprint density at radius 3 is 2.49 bits per heavy atom. The highest BCUT2D eigenvalue weighted by Gasteiger charge is 2.30. The minimum absolute atomic E-state index is 0.0116. The Kier molecular flexibility index (Phi) is 7.67. The van der Waals surface area contributed by atoms with Gasteiger partial charge in [-0.05, 0) is 36.2 Å². The van der Waals surface area contributed by atoms with E-state index in [0.29, 0.717) is 35.6 Å². The number of aromatic amines is 1. The van der Waals surface area contributed by atoms with Gasteiger partial charge >= 0.3 is 0 Å². The first-order valence-electron chi connectivity index (χ1n) is 11.4. The van der Waals surface area contributed by atoms with Crippen molar-refractivity contribution in [1.29, 1.82) is 0 Å². The predicted molar refractivity (Wildman–Crippen MR) is 135 cm³/mol. The van der Waals surface area contributed by atoms with E-state index in [0.717, 1.165) is 17.7 Å². The molecular weight excluding hydrogens is 504 g/mol. The molecule has 4 aromatic rings. The number of carbonyl (C=O) groups is 1. The van der Waals surface area contributed by atoms with Crippen molar-refractivity contribution < 1.29 is 31.5 Å². The second kappa shape index (κ2) is 10.8. The minimum atomic E-state index is -4.19. The van der Waals surface area contributed by atoms with Crippen molar-refractivity contribution in [1.82, 2.24) is 9.97 Å². The van der Waals surface area contributed by atoms with Crippen molar-refractivity contribution >= 4 is 26.8 Å². The molecule has 2 aromatic heterocycles. The first-order chi connectivity index (χ1) is 17.7. The Bertz CT molecular complexity index is 1550. The van der Waals surface area contributed by atoms with Gasteiger partial charge in [0.2, 0.25) is 15.8 Å². The lowest BCUT2D eigenvalue weighted by molar-refractivity contribution is 0.103. The SMILES string of the molecule is CCC(c1ccc(F)c(C(=O)c2c[nH]c3ncc(-c4ccc(OCCOC)cc4)cc23)c1F)S(N)(=O)=O. The normalized spacial score (nSPS) is 12.6. The van der Waals surface area contributed by atoms with E-state index in [-0.39, 0.29) is 17.5 Å². The summed E-state index contributed by atoms with van der Waals surface area (Å²) in [4.78, 5) is 20.5. The number of aromatic nitrogens is 2.